The quantitative estimate of drug-likeness (QED) is 0.788. The minimum absolute atomic E-state index is 0. The molecule has 1 aromatic heterocycles. The summed E-state index contributed by atoms with van der Waals surface area (Å²) in [6.07, 6.45) is 1.37. The maximum Gasteiger partial charge on any atom is 0.261 e. The van der Waals surface area contributed by atoms with Gasteiger partial charge in [-0.05, 0) is 12.1 Å². The molecule has 1 aliphatic heterocycles. The van der Waals surface area contributed by atoms with Gasteiger partial charge in [-0.3, -0.25) is 19.0 Å². The first kappa shape index (κ1) is 19.9. The van der Waals surface area contributed by atoms with Crippen molar-refractivity contribution < 1.29 is 9.59 Å². The van der Waals surface area contributed by atoms with Crippen LogP contribution in [0.4, 0.5) is 0 Å². The number of hydrogen-bond donors (Lipinski definition) is 1. The zero-order valence-electron chi connectivity index (χ0n) is 14.6. The van der Waals surface area contributed by atoms with Gasteiger partial charge in [-0.15, -0.1) is 12.4 Å². The Hall–Kier alpha value is -2.45. The summed E-state index contributed by atoms with van der Waals surface area (Å²) in [5.41, 5.74) is 0.333. The summed E-state index contributed by atoms with van der Waals surface area (Å²) in [6, 6.07) is 7.00. The second kappa shape index (κ2) is 8.77. The zero-order chi connectivity index (χ0) is 17.8. The number of rotatable bonds is 4. The molecule has 9 heteroatoms. The maximum absolute atomic E-state index is 12.4. The number of halogens is 1. The van der Waals surface area contributed by atoms with E-state index in [0.717, 1.165) is 13.1 Å². The molecular weight excluding hydrogens is 358 g/mol. The van der Waals surface area contributed by atoms with Gasteiger partial charge < -0.3 is 15.1 Å². The van der Waals surface area contributed by atoms with Gasteiger partial charge >= 0.3 is 0 Å². The van der Waals surface area contributed by atoms with Gasteiger partial charge in [0.05, 0.1) is 23.8 Å². The van der Waals surface area contributed by atoms with Gasteiger partial charge in [0.1, 0.15) is 6.54 Å². The maximum atomic E-state index is 12.4. The molecule has 0 aliphatic carbocycles. The minimum atomic E-state index is -0.303. The van der Waals surface area contributed by atoms with E-state index in [-0.39, 0.29) is 42.9 Å². The van der Waals surface area contributed by atoms with Gasteiger partial charge in [0.2, 0.25) is 11.8 Å². The zero-order valence-corrected chi connectivity index (χ0v) is 15.4. The number of fused-ring (bicyclic) bond motifs is 1. The number of nitrogens with one attached hydrogen (secondary N) is 1. The lowest BCUT2D eigenvalue weighted by molar-refractivity contribution is -0.140. The first-order valence-corrected chi connectivity index (χ1v) is 8.23. The molecule has 26 heavy (non-hydrogen) atoms. The van der Waals surface area contributed by atoms with Gasteiger partial charge in [-0.25, -0.2) is 4.98 Å². The topological polar surface area (TPSA) is 87.5 Å². The van der Waals surface area contributed by atoms with Gasteiger partial charge in [-0.2, -0.15) is 0 Å². The SMILES string of the molecule is CN(CC(=O)N1CCNCC1)C(=O)Cn1cnc2ccccc2c1=O.Cl. The van der Waals surface area contributed by atoms with Crippen LogP contribution in [0.2, 0.25) is 0 Å². The molecule has 1 aromatic carbocycles. The number of benzene rings is 1. The number of aromatic nitrogens is 2. The summed E-state index contributed by atoms with van der Waals surface area (Å²) in [7, 11) is 1.57. The lowest BCUT2D eigenvalue weighted by Crippen LogP contribution is -2.50. The number of nitrogens with zero attached hydrogens (tertiary/aromatic N) is 4. The van der Waals surface area contributed by atoms with E-state index in [9.17, 15) is 14.4 Å². The molecule has 2 amide bonds. The summed E-state index contributed by atoms with van der Waals surface area (Å²) in [4.78, 5) is 44.3. The van der Waals surface area contributed by atoms with Crippen LogP contribution in [0.1, 0.15) is 0 Å². The molecule has 1 N–H and O–H groups in total. The number of hydrogen-bond acceptors (Lipinski definition) is 5. The molecule has 0 bridgehead atoms. The number of carbonyl (C=O) groups excluding carboxylic acids is 2. The molecule has 140 valence electrons. The Labute approximate surface area is 157 Å². The normalized spacial score (nSPS) is 14.0. The lowest BCUT2D eigenvalue weighted by Gasteiger charge is -2.29. The van der Waals surface area contributed by atoms with Crippen molar-refractivity contribution >= 4 is 35.1 Å². The van der Waals surface area contributed by atoms with E-state index in [1.54, 1.807) is 36.2 Å². The molecule has 0 radical (unpaired) electrons. The number of likely N-dealkylation sites (N-methyl/N-ethyl adjacent to an activating group) is 1. The molecule has 1 saturated heterocycles. The molecule has 1 aliphatic rings. The van der Waals surface area contributed by atoms with Crippen LogP contribution in [0.3, 0.4) is 0 Å². The average Bonchev–Trinajstić information content (AvgIpc) is 2.64. The van der Waals surface area contributed by atoms with Crippen LogP contribution >= 0.6 is 12.4 Å². The molecule has 0 unspecified atom stereocenters. The minimum Gasteiger partial charge on any atom is -0.339 e. The van der Waals surface area contributed by atoms with Crippen molar-refractivity contribution in [3.05, 3.63) is 40.9 Å². The highest BCUT2D eigenvalue weighted by molar-refractivity contribution is 5.85. The first-order valence-electron chi connectivity index (χ1n) is 8.23. The Kier molecular flexibility index (Phi) is 6.70. The third-order valence-corrected chi connectivity index (χ3v) is 4.31. The molecule has 0 saturated carbocycles. The van der Waals surface area contributed by atoms with Crippen LogP contribution in [0, 0.1) is 0 Å². The van der Waals surface area contributed by atoms with Gasteiger partial charge in [-0.1, -0.05) is 12.1 Å². The lowest BCUT2D eigenvalue weighted by atomic mass is 10.2. The highest BCUT2D eigenvalue weighted by atomic mass is 35.5. The third kappa shape index (κ3) is 4.39. The first-order chi connectivity index (χ1) is 12.1. The largest absolute Gasteiger partial charge is 0.339 e. The van der Waals surface area contributed by atoms with Gasteiger partial charge in [0.15, 0.2) is 0 Å². The van der Waals surface area contributed by atoms with E-state index in [4.69, 9.17) is 0 Å². The van der Waals surface area contributed by atoms with Crippen LogP contribution in [0.15, 0.2) is 35.4 Å². The van der Waals surface area contributed by atoms with E-state index in [1.165, 1.54) is 15.8 Å². The van der Waals surface area contributed by atoms with Gasteiger partial charge in [0.25, 0.3) is 5.56 Å². The molecule has 0 atom stereocenters. The second-order valence-electron chi connectivity index (χ2n) is 6.08. The van der Waals surface area contributed by atoms with Crippen LogP contribution < -0.4 is 10.9 Å². The van der Waals surface area contributed by atoms with Crippen molar-refractivity contribution in [2.24, 2.45) is 0 Å². The Morgan fingerprint density at radius 3 is 2.65 bits per heavy atom. The number of para-hydroxylation sites is 1. The van der Waals surface area contributed by atoms with Gasteiger partial charge in [0, 0.05) is 33.2 Å². The number of piperazine rings is 1. The smallest absolute Gasteiger partial charge is 0.261 e. The van der Waals surface area contributed by atoms with E-state index in [2.05, 4.69) is 10.3 Å². The molecule has 0 spiro atoms. The Morgan fingerprint density at radius 1 is 1.23 bits per heavy atom. The Bertz CT molecular complexity index is 848. The fraction of sp³-hybridized carbons (Fsp3) is 0.412. The van der Waals surface area contributed by atoms with E-state index >= 15 is 0 Å². The van der Waals surface area contributed by atoms with Crippen molar-refractivity contribution in [1.82, 2.24) is 24.7 Å². The van der Waals surface area contributed by atoms with Crippen LogP contribution in [0.25, 0.3) is 10.9 Å². The van der Waals surface area contributed by atoms with Crippen molar-refractivity contribution in [2.45, 2.75) is 6.54 Å². The predicted molar refractivity (Wildman–Crippen MR) is 100 cm³/mol. The van der Waals surface area contributed by atoms with Crippen LogP contribution in [-0.2, 0) is 16.1 Å². The Balaban J connectivity index is 0.00000243. The highest BCUT2D eigenvalue weighted by Gasteiger charge is 2.20. The third-order valence-electron chi connectivity index (χ3n) is 4.31. The number of amides is 2. The summed E-state index contributed by atoms with van der Waals surface area (Å²) in [6.45, 7) is 2.70. The van der Waals surface area contributed by atoms with Crippen molar-refractivity contribution in [1.29, 1.82) is 0 Å². The summed E-state index contributed by atoms with van der Waals surface area (Å²) in [5, 5.41) is 3.65. The average molecular weight is 380 g/mol. The molecular formula is C17H22ClN5O3. The molecule has 3 rings (SSSR count). The van der Waals surface area contributed by atoms with Crippen molar-refractivity contribution in [3.8, 4) is 0 Å². The predicted octanol–water partition coefficient (Wildman–Crippen LogP) is -0.291. The van der Waals surface area contributed by atoms with E-state index in [1.807, 2.05) is 0 Å². The van der Waals surface area contributed by atoms with E-state index < -0.39 is 0 Å². The monoisotopic (exact) mass is 379 g/mol. The number of carbonyl (C=O) groups is 2. The standard InChI is InChI=1S/C17H21N5O3.ClH/c1-20(10-16(24)21-8-6-18-7-9-21)15(23)11-22-12-19-14-5-3-2-4-13(14)17(22)25;/h2-5,12,18H,6-11H2,1H3;1H. The second-order valence-corrected chi connectivity index (χ2v) is 6.08. The molecule has 1 fully saturated rings. The highest BCUT2D eigenvalue weighted by Crippen LogP contribution is 2.05. The van der Waals surface area contributed by atoms with Crippen molar-refractivity contribution in [2.75, 3.05) is 39.8 Å². The molecule has 8 nitrogen and oxygen atoms in total. The summed E-state index contributed by atoms with van der Waals surface area (Å²) in [5.74, 6) is -0.385. The Morgan fingerprint density at radius 2 is 1.92 bits per heavy atom. The van der Waals surface area contributed by atoms with E-state index in [0.29, 0.717) is 24.0 Å². The fourth-order valence-corrected chi connectivity index (χ4v) is 2.79. The molecule has 2 aromatic rings. The molecule has 2 heterocycles. The summed E-state index contributed by atoms with van der Waals surface area (Å²) < 4.78 is 1.27. The fourth-order valence-electron chi connectivity index (χ4n) is 2.79. The van der Waals surface area contributed by atoms with Crippen LogP contribution in [-0.4, -0.2) is 70.9 Å². The summed E-state index contributed by atoms with van der Waals surface area (Å²) >= 11 is 0. The van der Waals surface area contributed by atoms with Crippen molar-refractivity contribution in [3.63, 3.8) is 0 Å². The van der Waals surface area contributed by atoms with Crippen LogP contribution in [0.5, 0.6) is 0 Å².